The van der Waals surface area contributed by atoms with Crippen LogP contribution in [-0.2, 0) is 34.0 Å². The van der Waals surface area contributed by atoms with Crippen LogP contribution >= 0.6 is 11.3 Å². The predicted molar refractivity (Wildman–Crippen MR) is 176 cm³/mol. The molecule has 9 heteroatoms. The number of nitrogens with one attached hydrogen (secondary N) is 2. The Morgan fingerprint density at radius 2 is 1.33 bits per heavy atom. The van der Waals surface area contributed by atoms with Crippen molar-refractivity contribution in [2.45, 2.75) is 95.4 Å². The molecule has 0 aliphatic heterocycles. The van der Waals surface area contributed by atoms with Gasteiger partial charge in [0.2, 0.25) is 5.91 Å². The Labute approximate surface area is 269 Å². The third kappa shape index (κ3) is 8.48. The van der Waals surface area contributed by atoms with Gasteiger partial charge in [0.1, 0.15) is 17.9 Å². The van der Waals surface area contributed by atoms with Crippen LogP contribution in [0.1, 0.15) is 73.0 Å². The van der Waals surface area contributed by atoms with E-state index in [1.165, 1.54) is 0 Å². The molecule has 2 aromatic carbocycles. The summed E-state index contributed by atoms with van der Waals surface area (Å²) in [5.74, 6) is -0.410. The minimum absolute atomic E-state index is 0.0470. The first-order valence-corrected chi connectivity index (χ1v) is 17.0. The molecule has 0 spiro atoms. The second kappa shape index (κ2) is 15.5. The first kappa shape index (κ1) is 31.2. The monoisotopic (exact) mass is 626 g/mol. The van der Waals surface area contributed by atoms with Crippen LogP contribution in [-0.4, -0.2) is 45.9 Å². The molecule has 45 heavy (non-hydrogen) atoms. The molecule has 0 radical (unpaired) electrons. The van der Waals surface area contributed by atoms with Crippen LogP contribution in [0.15, 0.2) is 84.2 Å². The van der Waals surface area contributed by atoms with E-state index >= 15 is 0 Å². The van der Waals surface area contributed by atoms with Gasteiger partial charge in [-0.05, 0) is 54.3 Å². The molecule has 2 N–H and O–H groups in total. The summed E-state index contributed by atoms with van der Waals surface area (Å²) in [5, 5.41) is 13.2. The molecule has 0 unspecified atom stereocenters. The first-order chi connectivity index (χ1) is 22.1. The van der Waals surface area contributed by atoms with E-state index in [1.54, 1.807) is 22.1 Å². The fraction of sp³-hybridized carbons (Fsp3) is 0.417. The summed E-state index contributed by atoms with van der Waals surface area (Å²) in [6.07, 6.45) is 7.63. The molecule has 2 saturated carbocycles. The maximum atomic E-state index is 13.8. The summed E-state index contributed by atoms with van der Waals surface area (Å²) < 4.78 is 14.1. The number of ether oxygens (including phenoxy) is 2. The van der Waals surface area contributed by atoms with Crippen molar-refractivity contribution in [3.8, 4) is 10.6 Å². The number of rotatable bonds is 12. The molecule has 6 rings (SSSR count). The van der Waals surface area contributed by atoms with Gasteiger partial charge in [-0.25, -0.2) is 4.68 Å². The average Bonchev–Trinajstić information content (AvgIpc) is 3.76. The van der Waals surface area contributed by atoms with E-state index < -0.39 is 0 Å². The third-order valence-corrected chi connectivity index (χ3v) is 9.65. The summed E-state index contributed by atoms with van der Waals surface area (Å²) in [6, 6.07) is 25.8. The Morgan fingerprint density at radius 1 is 0.756 bits per heavy atom. The van der Waals surface area contributed by atoms with Gasteiger partial charge >= 0.3 is 0 Å². The minimum Gasteiger partial charge on any atom is -0.371 e. The molecule has 236 valence electrons. The zero-order valence-electron chi connectivity index (χ0n) is 25.6. The van der Waals surface area contributed by atoms with Crippen LogP contribution in [0.2, 0.25) is 0 Å². The molecule has 0 bridgehead atoms. The SMILES string of the molecule is O=C(Cn1nc(-c2cccs2)cc1C(=O)N[C@H]1CCCC[C@@H]1OCc1ccccc1)N[C@H]1CCCC[C@@H]1OCc1ccccc1. The molecular formula is C36H42N4O4S. The van der Waals surface area contributed by atoms with Gasteiger partial charge in [-0.1, -0.05) is 92.4 Å². The molecule has 2 fully saturated rings. The van der Waals surface area contributed by atoms with E-state index in [4.69, 9.17) is 14.6 Å². The van der Waals surface area contributed by atoms with E-state index in [2.05, 4.69) is 34.9 Å². The summed E-state index contributed by atoms with van der Waals surface area (Å²) in [4.78, 5) is 28.2. The highest BCUT2D eigenvalue weighted by atomic mass is 32.1. The lowest BCUT2D eigenvalue weighted by atomic mass is 9.92. The lowest BCUT2D eigenvalue weighted by Gasteiger charge is -2.32. The Balaban J connectivity index is 1.12. The summed E-state index contributed by atoms with van der Waals surface area (Å²) in [7, 11) is 0. The van der Waals surface area contributed by atoms with E-state index in [9.17, 15) is 9.59 Å². The van der Waals surface area contributed by atoms with Crippen LogP contribution in [0, 0.1) is 0 Å². The molecule has 2 amide bonds. The second-order valence-corrected chi connectivity index (χ2v) is 13.0. The third-order valence-electron chi connectivity index (χ3n) is 8.76. The van der Waals surface area contributed by atoms with Gasteiger partial charge in [0.05, 0.1) is 42.4 Å². The highest BCUT2D eigenvalue weighted by Crippen LogP contribution is 2.27. The maximum absolute atomic E-state index is 13.8. The average molecular weight is 627 g/mol. The molecular weight excluding hydrogens is 584 g/mol. The Hall–Kier alpha value is -3.79. The van der Waals surface area contributed by atoms with Gasteiger partial charge in [0.15, 0.2) is 0 Å². The molecule has 2 aromatic heterocycles. The van der Waals surface area contributed by atoms with E-state index in [0.29, 0.717) is 24.6 Å². The zero-order chi connectivity index (χ0) is 30.8. The van der Waals surface area contributed by atoms with Crippen LogP contribution in [0.3, 0.4) is 0 Å². The number of hydrogen-bond donors (Lipinski definition) is 2. The lowest BCUT2D eigenvalue weighted by Crippen LogP contribution is -2.48. The Morgan fingerprint density at radius 3 is 1.91 bits per heavy atom. The van der Waals surface area contributed by atoms with Crippen LogP contribution < -0.4 is 10.6 Å². The summed E-state index contributed by atoms with van der Waals surface area (Å²) >= 11 is 1.56. The number of nitrogens with zero attached hydrogens (tertiary/aromatic N) is 2. The fourth-order valence-corrected chi connectivity index (χ4v) is 7.05. The highest BCUT2D eigenvalue weighted by Gasteiger charge is 2.31. The molecule has 0 saturated heterocycles. The molecule has 2 aliphatic carbocycles. The van der Waals surface area contributed by atoms with E-state index in [0.717, 1.165) is 67.4 Å². The highest BCUT2D eigenvalue weighted by molar-refractivity contribution is 7.13. The van der Waals surface area contributed by atoms with E-state index in [1.807, 2.05) is 53.9 Å². The topological polar surface area (TPSA) is 94.5 Å². The van der Waals surface area contributed by atoms with Crippen molar-refractivity contribution in [2.75, 3.05) is 0 Å². The Kier molecular flexibility index (Phi) is 10.7. The van der Waals surface area contributed by atoms with Crippen molar-refractivity contribution < 1.29 is 19.1 Å². The number of hydrogen-bond acceptors (Lipinski definition) is 6. The quantitative estimate of drug-likeness (QED) is 0.187. The molecule has 4 aromatic rings. The minimum atomic E-state index is -0.236. The van der Waals surface area contributed by atoms with Crippen molar-refractivity contribution >= 4 is 23.2 Å². The first-order valence-electron chi connectivity index (χ1n) is 16.2. The van der Waals surface area contributed by atoms with Gasteiger partial charge in [0.25, 0.3) is 5.91 Å². The summed E-state index contributed by atoms with van der Waals surface area (Å²) in [6.45, 7) is 0.979. The van der Waals surface area contributed by atoms with Gasteiger partial charge in [0, 0.05) is 0 Å². The van der Waals surface area contributed by atoms with Crippen molar-refractivity contribution in [2.24, 2.45) is 0 Å². The second-order valence-electron chi connectivity index (χ2n) is 12.0. The van der Waals surface area contributed by atoms with Crippen LogP contribution in [0.25, 0.3) is 10.6 Å². The Bertz CT molecular complexity index is 1510. The van der Waals surface area contributed by atoms with Crippen LogP contribution in [0.5, 0.6) is 0 Å². The standard InChI is InChI=1S/C36H42N4O4S/c41-35(37-28-16-7-9-18-32(28)43-24-26-12-3-1-4-13-26)23-40-31(22-30(39-40)34-20-11-21-45-34)36(42)38-29-17-8-10-19-33(29)44-25-27-14-5-2-6-15-27/h1-6,11-15,20-22,28-29,32-33H,7-10,16-19,23-25H2,(H,37,41)(H,38,42)/t28-,29-,32-,33-/m0/s1. The predicted octanol–water partition coefficient (Wildman–Crippen LogP) is 6.51. The van der Waals surface area contributed by atoms with Gasteiger partial charge in [-0.2, -0.15) is 5.10 Å². The van der Waals surface area contributed by atoms with Crippen LogP contribution in [0.4, 0.5) is 0 Å². The number of thiophene rings is 1. The number of carbonyl (C=O) groups excluding carboxylic acids is 2. The summed E-state index contributed by atoms with van der Waals surface area (Å²) in [5.41, 5.74) is 3.29. The molecule has 4 atom stereocenters. The fourth-order valence-electron chi connectivity index (χ4n) is 6.37. The largest absolute Gasteiger partial charge is 0.371 e. The molecule has 8 nitrogen and oxygen atoms in total. The normalized spacial score (nSPS) is 21.7. The lowest BCUT2D eigenvalue weighted by molar-refractivity contribution is -0.124. The zero-order valence-corrected chi connectivity index (χ0v) is 26.4. The number of carbonyl (C=O) groups is 2. The number of aromatic nitrogens is 2. The smallest absolute Gasteiger partial charge is 0.269 e. The van der Waals surface area contributed by atoms with Gasteiger partial charge < -0.3 is 20.1 Å². The van der Waals surface area contributed by atoms with Gasteiger partial charge in [-0.3, -0.25) is 9.59 Å². The number of amides is 2. The van der Waals surface area contributed by atoms with Crippen molar-refractivity contribution in [3.05, 3.63) is 101 Å². The molecule has 2 aliphatic rings. The van der Waals surface area contributed by atoms with Crippen molar-refractivity contribution in [3.63, 3.8) is 0 Å². The number of benzene rings is 2. The molecule has 2 heterocycles. The maximum Gasteiger partial charge on any atom is 0.269 e. The van der Waals surface area contributed by atoms with Gasteiger partial charge in [-0.15, -0.1) is 11.3 Å². The van der Waals surface area contributed by atoms with E-state index in [-0.39, 0.29) is 42.7 Å². The van der Waals surface area contributed by atoms with Crippen molar-refractivity contribution in [1.82, 2.24) is 20.4 Å². The van der Waals surface area contributed by atoms with Crippen molar-refractivity contribution in [1.29, 1.82) is 0 Å².